The lowest BCUT2D eigenvalue weighted by Crippen LogP contribution is -1.88. The van der Waals surface area contributed by atoms with Gasteiger partial charge in [-0.3, -0.25) is 0 Å². The molecule has 9 heteroatoms. The van der Waals surface area contributed by atoms with E-state index in [4.69, 9.17) is 8.83 Å². The van der Waals surface area contributed by atoms with Crippen LogP contribution in [0.2, 0.25) is 0 Å². The van der Waals surface area contributed by atoms with Crippen molar-refractivity contribution in [3.05, 3.63) is 53.3 Å². The van der Waals surface area contributed by atoms with Gasteiger partial charge in [-0.15, -0.1) is 20.4 Å². The molecule has 0 bridgehead atoms. The van der Waals surface area contributed by atoms with Crippen LogP contribution in [0.15, 0.2) is 43.5 Å². The SMILES string of the molecule is Cc1ccc(Nc2nnc(SCc3nnc(-c4cc(C)oc4C)o3)s2)cc1. The largest absolute Gasteiger partial charge is 0.466 e. The van der Waals surface area contributed by atoms with E-state index in [9.17, 15) is 0 Å². The third-order valence-corrected chi connectivity index (χ3v) is 5.72. The molecule has 0 fully saturated rings. The number of rotatable bonds is 6. The fourth-order valence-corrected chi connectivity index (χ4v) is 4.08. The Kier molecular flexibility index (Phi) is 4.95. The molecular weight excluding hydrogens is 382 g/mol. The number of thioether (sulfide) groups is 1. The first-order chi connectivity index (χ1) is 13.1. The second kappa shape index (κ2) is 7.53. The first-order valence-corrected chi connectivity index (χ1v) is 10.1. The highest BCUT2D eigenvalue weighted by molar-refractivity contribution is 8.00. The third kappa shape index (κ3) is 4.20. The molecule has 1 N–H and O–H groups in total. The van der Waals surface area contributed by atoms with E-state index in [0.29, 0.717) is 17.5 Å². The van der Waals surface area contributed by atoms with Crippen LogP contribution in [0, 0.1) is 20.8 Å². The van der Waals surface area contributed by atoms with Crippen LogP contribution in [0.4, 0.5) is 10.8 Å². The zero-order chi connectivity index (χ0) is 18.8. The molecule has 7 nitrogen and oxygen atoms in total. The number of hydrogen-bond acceptors (Lipinski definition) is 9. The summed E-state index contributed by atoms with van der Waals surface area (Å²) in [6, 6.07) is 10.0. The summed E-state index contributed by atoms with van der Waals surface area (Å²) in [5.74, 6) is 3.13. The van der Waals surface area contributed by atoms with Crippen molar-refractivity contribution in [1.29, 1.82) is 0 Å². The minimum Gasteiger partial charge on any atom is -0.466 e. The molecule has 0 spiro atoms. The van der Waals surface area contributed by atoms with Gasteiger partial charge in [0, 0.05) is 5.69 Å². The Morgan fingerprint density at radius 3 is 2.56 bits per heavy atom. The molecule has 0 radical (unpaired) electrons. The van der Waals surface area contributed by atoms with Crippen LogP contribution < -0.4 is 5.32 Å². The highest BCUT2D eigenvalue weighted by Gasteiger charge is 2.15. The summed E-state index contributed by atoms with van der Waals surface area (Å²) in [5, 5.41) is 20.6. The third-order valence-electron chi connectivity index (χ3n) is 3.77. The highest BCUT2D eigenvalue weighted by atomic mass is 32.2. The molecule has 4 aromatic rings. The molecular formula is C18H17N5O2S2. The molecule has 0 saturated heterocycles. The summed E-state index contributed by atoms with van der Waals surface area (Å²) in [7, 11) is 0. The molecule has 3 heterocycles. The van der Waals surface area contributed by atoms with E-state index in [-0.39, 0.29) is 0 Å². The summed E-state index contributed by atoms with van der Waals surface area (Å²) in [4.78, 5) is 0. The van der Waals surface area contributed by atoms with Crippen LogP contribution in [0.25, 0.3) is 11.5 Å². The molecule has 3 aromatic heterocycles. The quantitative estimate of drug-likeness (QED) is 0.446. The number of anilines is 2. The van der Waals surface area contributed by atoms with Crippen LogP contribution in [0.5, 0.6) is 0 Å². The monoisotopic (exact) mass is 399 g/mol. The van der Waals surface area contributed by atoms with Gasteiger partial charge in [0.25, 0.3) is 5.89 Å². The lowest BCUT2D eigenvalue weighted by Gasteiger charge is -2.01. The standard InChI is InChI=1S/C18H17N5O2S2/c1-10-4-6-13(7-5-10)19-17-22-23-18(27-17)26-9-15-20-21-16(25-15)14-8-11(2)24-12(14)3/h4-8H,9H2,1-3H3,(H,19,22). The summed E-state index contributed by atoms with van der Waals surface area (Å²) >= 11 is 3.00. The molecule has 138 valence electrons. The number of nitrogens with zero attached hydrogens (tertiary/aromatic N) is 4. The van der Waals surface area contributed by atoms with Gasteiger partial charge in [-0.05, 0) is 39.0 Å². The maximum absolute atomic E-state index is 5.74. The number of hydrogen-bond donors (Lipinski definition) is 1. The fourth-order valence-electron chi connectivity index (χ4n) is 2.47. The normalized spacial score (nSPS) is 11.1. The Morgan fingerprint density at radius 2 is 1.81 bits per heavy atom. The van der Waals surface area contributed by atoms with Crippen LogP contribution in [-0.4, -0.2) is 20.4 Å². The van der Waals surface area contributed by atoms with Crippen molar-refractivity contribution in [1.82, 2.24) is 20.4 Å². The van der Waals surface area contributed by atoms with Crippen molar-refractivity contribution in [2.24, 2.45) is 0 Å². The summed E-state index contributed by atoms with van der Waals surface area (Å²) in [6.07, 6.45) is 0. The molecule has 1 aromatic carbocycles. The van der Waals surface area contributed by atoms with E-state index in [0.717, 1.165) is 32.2 Å². The van der Waals surface area contributed by atoms with Crippen LogP contribution in [0.1, 0.15) is 23.0 Å². The Hall–Kier alpha value is -2.65. The van der Waals surface area contributed by atoms with Crippen LogP contribution >= 0.6 is 23.1 Å². The predicted octanol–water partition coefficient (Wildman–Crippen LogP) is 5.14. The van der Waals surface area contributed by atoms with Gasteiger partial charge in [-0.2, -0.15) is 0 Å². The fraction of sp³-hybridized carbons (Fsp3) is 0.222. The van der Waals surface area contributed by atoms with Gasteiger partial charge < -0.3 is 14.2 Å². The van der Waals surface area contributed by atoms with Crippen molar-refractivity contribution in [3.8, 4) is 11.5 Å². The topological polar surface area (TPSA) is 89.9 Å². The molecule has 27 heavy (non-hydrogen) atoms. The number of nitrogens with one attached hydrogen (secondary N) is 1. The zero-order valence-electron chi connectivity index (χ0n) is 15.0. The molecule has 0 amide bonds. The van der Waals surface area contributed by atoms with Gasteiger partial charge in [0.15, 0.2) is 4.34 Å². The molecule has 0 atom stereocenters. The first kappa shape index (κ1) is 17.7. The highest BCUT2D eigenvalue weighted by Crippen LogP contribution is 2.31. The lowest BCUT2D eigenvalue weighted by molar-refractivity contribution is 0.499. The summed E-state index contributed by atoms with van der Waals surface area (Å²) in [6.45, 7) is 5.83. The van der Waals surface area contributed by atoms with Crippen LogP contribution in [-0.2, 0) is 5.75 Å². The van der Waals surface area contributed by atoms with Gasteiger partial charge in [0.05, 0.1) is 11.3 Å². The van der Waals surface area contributed by atoms with Gasteiger partial charge >= 0.3 is 0 Å². The summed E-state index contributed by atoms with van der Waals surface area (Å²) < 4.78 is 12.1. The molecule has 0 unspecified atom stereocenters. The number of aryl methyl sites for hydroxylation is 3. The van der Waals surface area contributed by atoms with E-state index >= 15 is 0 Å². The van der Waals surface area contributed by atoms with E-state index in [1.165, 1.54) is 28.7 Å². The van der Waals surface area contributed by atoms with Crippen molar-refractivity contribution in [2.75, 3.05) is 5.32 Å². The van der Waals surface area contributed by atoms with Gasteiger partial charge in [-0.25, -0.2) is 0 Å². The Bertz CT molecular complexity index is 1050. The minimum absolute atomic E-state index is 0.471. The number of benzene rings is 1. The van der Waals surface area contributed by atoms with Crippen LogP contribution in [0.3, 0.4) is 0 Å². The molecule has 0 saturated carbocycles. The van der Waals surface area contributed by atoms with E-state index in [1.54, 1.807) is 0 Å². The second-order valence-electron chi connectivity index (χ2n) is 5.98. The van der Waals surface area contributed by atoms with Gasteiger partial charge in [0.2, 0.25) is 11.0 Å². The zero-order valence-corrected chi connectivity index (χ0v) is 16.6. The van der Waals surface area contributed by atoms with Gasteiger partial charge in [-0.1, -0.05) is 40.8 Å². The number of furan rings is 1. The Balaban J connectivity index is 1.37. The smallest absolute Gasteiger partial charge is 0.251 e. The molecule has 4 rings (SSSR count). The van der Waals surface area contributed by atoms with Crippen molar-refractivity contribution >= 4 is 33.9 Å². The first-order valence-electron chi connectivity index (χ1n) is 8.26. The molecule has 0 aliphatic carbocycles. The second-order valence-corrected chi connectivity index (χ2v) is 8.18. The minimum atomic E-state index is 0.471. The Morgan fingerprint density at radius 1 is 1.00 bits per heavy atom. The van der Waals surface area contributed by atoms with E-state index in [2.05, 4.69) is 44.8 Å². The average molecular weight is 400 g/mol. The van der Waals surface area contributed by atoms with E-state index in [1.807, 2.05) is 32.0 Å². The molecule has 0 aliphatic rings. The number of aromatic nitrogens is 4. The summed E-state index contributed by atoms with van der Waals surface area (Å²) in [5.41, 5.74) is 3.03. The lowest BCUT2D eigenvalue weighted by atomic mass is 10.2. The Labute approximate surface area is 164 Å². The predicted molar refractivity (Wildman–Crippen MR) is 105 cm³/mol. The van der Waals surface area contributed by atoms with E-state index < -0.39 is 0 Å². The maximum atomic E-state index is 5.74. The van der Waals surface area contributed by atoms with Gasteiger partial charge in [0.1, 0.15) is 11.5 Å². The van der Waals surface area contributed by atoms with Crippen molar-refractivity contribution in [2.45, 2.75) is 30.9 Å². The molecule has 0 aliphatic heterocycles. The maximum Gasteiger partial charge on any atom is 0.251 e. The average Bonchev–Trinajstić information content (AvgIpc) is 3.35. The van der Waals surface area contributed by atoms with Crippen molar-refractivity contribution < 1.29 is 8.83 Å². The van der Waals surface area contributed by atoms with Crippen molar-refractivity contribution in [3.63, 3.8) is 0 Å².